The van der Waals surface area contributed by atoms with Gasteiger partial charge in [0.1, 0.15) is 0 Å². The Kier molecular flexibility index (Phi) is 7.54. The predicted molar refractivity (Wildman–Crippen MR) is 126 cm³/mol. The van der Waals surface area contributed by atoms with E-state index in [4.69, 9.17) is 11.6 Å². The number of amides is 1. The Labute approximate surface area is 200 Å². The standard InChI is InChI=1S/C23H19ClN2O7S/c1-32-22(28)14-10-15(23(29)33-2)12-17(11-14)25-21(27)19-13-16(8-9-20(19)24)26-34(30,31)18-6-4-3-5-7-18/h3-13,26H,1-2H3,(H,25,27). The van der Waals surface area contributed by atoms with Gasteiger partial charge in [-0.2, -0.15) is 0 Å². The van der Waals surface area contributed by atoms with Gasteiger partial charge in [-0.25, -0.2) is 18.0 Å². The molecule has 9 nitrogen and oxygen atoms in total. The van der Waals surface area contributed by atoms with Gasteiger partial charge in [0.05, 0.1) is 40.8 Å². The average molecular weight is 503 g/mol. The molecule has 3 aromatic rings. The number of benzene rings is 3. The van der Waals surface area contributed by atoms with Crippen molar-refractivity contribution in [3.8, 4) is 0 Å². The minimum Gasteiger partial charge on any atom is -0.465 e. The van der Waals surface area contributed by atoms with Crippen molar-refractivity contribution in [3.05, 3.63) is 88.4 Å². The molecule has 0 bridgehead atoms. The molecule has 176 valence electrons. The molecule has 2 N–H and O–H groups in total. The first-order valence-electron chi connectivity index (χ1n) is 9.65. The first-order valence-corrected chi connectivity index (χ1v) is 11.5. The van der Waals surface area contributed by atoms with Crippen LogP contribution in [0.25, 0.3) is 0 Å². The number of ether oxygens (including phenoxy) is 2. The van der Waals surface area contributed by atoms with Gasteiger partial charge in [0, 0.05) is 11.4 Å². The Morgan fingerprint density at radius 1 is 0.794 bits per heavy atom. The maximum Gasteiger partial charge on any atom is 0.337 e. The second-order valence-electron chi connectivity index (χ2n) is 6.85. The summed E-state index contributed by atoms with van der Waals surface area (Å²) in [7, 11) is -1.54. The van der Waals surface area contributed by atoms with Crippen molar-refractivity contribution in [3.63, 3.8) is 0 Å². The van der Waals surface area contributed by atoms with Crippen LogP contribution in [0.3, 0.4) is 0 Å². The quantitative estimate of drug-likeness (QED) is 0.468. The number of nitrogens with one attached hydrogen (secondary N) is 2. The number of hydrogen-bond acceptors (Lipinski definition) is 7. The zero-order valence-corrected chi connectivity index (χ0v) is 19.6. The summed E-state index contributed by atoms with van der Waals surface area (Å²) in [5.41, 5.74) is 0.182. The molecule has 0 saturated carbocycles. The number of halogens is 1. The van der Waals surface area contributed by atoms with Gasteiger partial charge in [0.25, 0.3) is 15.9 Å². The van der Waals surface area contributed by atoms with Crippen LogP contribution < -0.4 is 10.0 Å². The number of esters is 2. The summed E-state index contributed by atoms with van der Waals surface area (Å²) in [6.45, 7) is 0. The molecule has 3 rings (SSSR count). The summed E-state index contributed by atoms with van der Waals surface area (Å²) < 4.78 is 36.9. The molecule has 0 aromatic heterocycles. The Morgan fingerprint density at radius 2 is 1.38 bits per heavy atom. The summed E-state index contributed by atoms with van der Waals surface area (Å²) >= 11 is 6.17. The average Bonchev–Trinajstić information content (AvgIpc) is 2.84. The molecule has 0 radical (unpaired) electrons. The molecule has 0 spiro atoms. The Bertz CT molecular complexity index is 1320. The first-order chi connectivity index (χ1) is 16.1. The molecule has 0 saturated heterocycles. The van der Waals surface area contributed by atoms with Crippen molar-refractivity contribution in [2.75, 3.05) is 24.3 Å². The highest BCUT2D eigenvalue weighted by Gasteiger charge is 2.19. The monoisotopic (exact) mass is 502 g/mol. The SMILES string of the molecule is COC(=O)c1cc(NC(=O)c2cc(NS(=O)(=O)c3ccccc3)ccc2Cl)cc(C(=O)OC)c1. The lowest BCUT2D eigenvalue weighted by Gasteiger charge is -2.12. The van der Waals surface area contributed by atoms with Crippen molar-refractivity contribution in [2.45, 2.75) is 4.90 Å². The lowest BCUT2D eigenvalue weighted by molar-refractivity contribution is 0.0598. The summed E-state index contributed by atoms with van der Waals surface area (Å²) in [5.74, 6) is -2.16. The van der Waals surface area contributed by atoms with Crippen molar-refractivity contribution in [2.24, 2.45) is 0 Å². The molecule has 34 heavy (non-hydrogen) atoms. The minimum atomic E-state index is -3.89. The molecule has 0 heterocycles. The largest absolute Gasteiger partial charge is 0.465 e. The summed E-state index contributed by atoms with van der Waals surface area (Å²) in [4.78, 5) is 36.9. The van der Waals surface area contributed by atoms with E-state index >= 15 is 0 Å². The van der Waals surface area contributed by atoms with Crippen LogP contribution >= 0.6 is 11.6 Å². The first kappa shape index (κ1) is 24.7. The van der Waals surface area contributed by atoms with Crippen LogP contribution in [0.1, 0.15) is 31.1 Å². The summed E-state index contributed by atoms with van der Waals surface area (Å²) in [6, 6.07) is 15.6. The third-order valence-corrected chi connectivity index (χ3v) is 6.28. The fraction of sp³-hybridized carbons (Fsp3) is 0.0870. The van der Waals surface area contributed by atoms with Gasteiger partial charge in [0.15, 0.2) is 0 Å². The van der Waals surface area contributed by atoms with E-state index < -0.39 is 27.9 Å². The fourth-order valence-corrected chi connectivity index (χ4v) is 4.22. The van der Waals surface area contributed by atoms with Crippen LogP contribution in [0.5, 0.6) is 0 Å². The van der Waals surface area contributed by atoms with Crippen molar-refractivity contribution < 1.29 is 32.3 Å². The molecule has 0 atom stereocenters. The number of anilines is 2. The van der Waals surface area contributed by atoms with Gasteiger partial charge in [-0.05, 0) is 48.5 Å². The van der Waals surface area contributed by atoms with Crippen molar-refractivity contribution in [1.29, 1.82) is 0 Å². The lowest BCUT2D eigenvalue weighted by Crippen LogP contribution is -2.16. The van der Waals surface area contributed by atoms with E-state index in [0.717, 1.165) is 0 Å². The zero-order chi connectivity index (χ0) is 24.9. The van der Waals surface area contributed by atoms with Crippen molar-refractivity contribution >= 4 is 50.8 Å². The highest BCUT2D eigenvalue weighted by molar-refractivity contribution is 7.92. The summed E-state index contributed by atoms with van der Waals surface area (Å²) in [6.07, 6.45) is 0. The van der Waals surface area contributed by atoms with E-state index in [2.05, 4.69) is 19.5 Å². The van der Waals surface area contributed by atoms with Crippen LogP contribution in [-0.2, 0) is 19.5 Å². The zero-order valence-electron chi connectivity index (χ0n) is 18.0. The summed E-state index contributed by atoms with van der Waals surface area (Å²) in [5, 5.41) is 2.60. The molecule has 0 aliphatic rings. The van der Waals surface area contributed by atoms with Gasteiger partial charge in [-0.1, -0.05) is 29.8 Å². The van der Waals surface area contributed by atoms with Crippen LogP contribution in [0.4, 0.5) is 11.4 Å². The van der Waals surface area contributed by atoms with E-state index in [1.54, 1.807) is 18.2 Å². The molecule has 1 amide bonds. The van der Waals surface area contributed by atoms with Crippen molar-refractivity contribution in [1.82, 2.24) is 0 Å². The second kappa shape index (κ2) is 10.4. The number of carbonyl (C=O) groups is 3. The van der Waals surface area contributed by atoms with Gasteiger partial charge < -0.3 is 14.8 Å². The number of rotatable bonds is 7. The smallest absolute Gasteiger partial charge is 0.337 e. The minimum absolute atomic E-state index is 0.0103. The van der Waals surface area contributed by atoms with E-state index in [1.807, 2.05) is 0 Å². The lowest BCUT2D eigenvalue weighted by atomic mass is 10.1. The fourth-order valence-electron chi connectivity index (χ4n) is 2.95. The Morgan fingerprint density at radius 3 is 1.94 bits per heavy atom. The Balaban J connectivity index is 1.91. The maximum absolute atomic E-state index is 12.9. The van der Waals surface area contributed by atoms with E-state index in [0.29, 0.717) is 0 Å². The molecule has 3 aromatic carbocycles. The third kappa shape index (κ3) is 5.72. The predicted octanol–water partition coefficient (Wildman–Crippen LogP) is 3.97. The number of hydrogen-bond donors (Lipinski definition) is 2. The molecule has 0 aliphatic carbocycles. The highest BCUT2D eigenvalue weighted by atomic mass is 35.5. The number of sulfonamides is 1. The number of carbonyl (C=O) groups excluding carboxylic acids is 3. The number of methoxy groups -OCH3 is 2. The van der Waals surface area contributed by atoms with E-state index in [1.165, 1.54) is 62.8 Å². The second-order valence-corrected chi connectivity index (χ2v) is 8.94. The topological polar surface area (TPSA) is 128 Å². The van der Waals surface area contributed by atoms with E-state index in [-0.39, 0.29) is 38.0 Å². The molecule has 11 heteroatoms. The van der Waals surface area contributed by atoms with Crippen LogP contribution in [0, 0.1) is 0 Å². The van der Waals surface area contributed by atoms with Crippen LogP contribution in [-0.4, -0.2) is 40.5 Å². The van der Waals surface area contributed by atoms with E-state index in [9.17, 15) is 22.8 Å². The van der Waals surface area contributed by atoms with Gasteiger partial charge in [-0.3, -0.25) is 9.52 Å². The normalized spacial score (nSPS) is 10.8. The molecule has 0 unspecified atom stereocenters. The van der Waals surface area contributed by atoms with Gasteiger partial charge in [-0.15, -0.1) is 0 Å². The molecule has 0 aliphatic heterocycles. The van der Waals surface area contributed by atoms with Crippen LogP contribution in [0.2, 0.25) is 5.02 Å². The Hall–Kier alpha value is -3.89. The third-order valence-electron chi connectivity index (χ3n) is 4.55. The maximum atomic E-state index is 12.9. The van der Waals surface area contributed by atoms with Gasteiger partial charge in [0.2, 0.25) is 0 Å². The molecular formula is C23H19ClN2O7S. The van der Waals surface area contributed by atoms with Gasteiger partial charge >= 0.3 is 11.9 Å². The highest BCUT2D eigenvalue weighted by Crippen LogP contribution is 2.25. The van der Waals surface area contributed by atoms with Crippen LogP contribution in [0.15, 0.2) is 71.6 Å². The molecule has 0 fully saturated rings. The molecular weight excluding hydrogens is 484 g/mol.